The van der Waals surface area contributed by atoms with Crippen molar-refractivity contribution in [2.24, 2.45) is 23.3 Å². The summed E-state index contributed by atoms with van der Waals surface area (Å²) in [6.07, 6.45) is 6.45. The number of fused-ring (bicyclic) bond motifs is 2. The number of nitrogens with two attached hydrogens (primary N) is 2. The van der Waals surface area contributed by atoms with Crippen LogP contribution >= 0.6 is 49.6 Å². The van der Waals surface area contributed by atoms with Crippen molar-refractivity contribution in [2.75, 3.05) is 0 Å². The van der Waals surface area contributed by atoms with Crippen LogP contribution in [-0.4, -0.2) is 79.6 Å². The van der Waals surface area contributed by atoms with E-state index in [1.54, 1.807) is 0 Å². The van der Waals surface area contributed by atoms with Crippen molar-refractivity contribution in [3.63, 3.8) is 0 Å². The third kappa shape index (κ3) is 14.7. The van der Waals surface area contributed by atoms with Crippen molar-refractivity contribution in [1.29, 1.82) is 0 Å². The van der Waals surface area contributed by atoms with Gasteiger partial charge in [0.05, 0.1) is 0 Å². The second kappa shape index (κ2) is 26.1. The third-order valence-corrected chi connectivity index (χ3v) is 12.1. The number of benzene rings is 4. The SMILES string of the molecule is Cl.Cl.Cl.Cl.NC(CCCCB(O)O)(C(=O)O)C1CC(NCc2cccc3ccccc23)C1.NC(CCCCB(O)O)(C(=O)O)C1CC(NCc2cccc3ccccc23)C1. The normalized spacial score (nSPS) is 19.7. The Kier molecular flexibility index (Phi) is 24.0. The molecule has 6 rings (SSSR count). The molecular formula is C42H62B2Cl4N4O8. The molecule has 0 bridgehead atoms. The Balaban J connectivity index is 0.000000562. The van der Waals surface area contributed by atoms with E-state index in [2.05, 4.69) is 71.3 Å². The fourth-order valence-corrected chi connectivity index (χ4v) is 8.27. The molecule has 332 valence electrons. The summed E-state index contributed by atoms with van der Waals surface area (Å²) in [6, 6.07) is 29.7. The molecule has 2 atom stereocenters. The summed E-state index contributed by atoms with van der Waals surface area (Å²) >= 11 is 0. The van der Waals surface area contributed by atoms with Gasteiger partial charge in [0.2, 0.25) is 0 Å². The van der Waals surface area contributed by atoms with Gasteiger partial charge in [-0.2, -0.15) is 0 Å². The summed E-state index contributed by atoms with van der Waals surface area (Å²) in [6.45, 7) is 1.50. The van der Waals surface area contributed by atoms with E-state index >= 15 is 0 Å². The number of halogens is 4. The number of unbranched alkanes of at least 4 members (excludes halogenated alkanes) is 2. The average Bonchev–Trinajstić information content (AvgIpc) is 3.14. The van der Waals surface area contributed by atoms with Crippen LogP contribution in [0.4, 0.5) is 0 Å². The Morgan fingerprint density at radius 2 is 0.883 bits per heavy atom. The lowest BCUT2D eigenvalue weighted by molar-refractivity contribution is -0.149. The van der Waals surface area contributed by atoms with Gasteiger partial charge in [-0.25, -0.2) is 0 Å². The van der Waals surface area contributed by atoms with Crippen molar-refractivity contribution in [3.05, 3.63) is 96.1 Å². The fraction of sp³-hybridized carbons (Fsp3) is 0.476. The van der Waals surface area contributed by atoms with Gasteiger partial charge in [0.25, 0.3) is 0 Å². The van der Waals surface area contributed by atoms with Crippen LogP contribution < -0.4 is 22.1 Å². The van der Waals surface area contributed by atoms with Gasteiger partial charge in [0, 0.05) is 25.2 Å². The fourth-order valence-electron chi connectivity index (χ4n) is 8.27. The zero-order valence-corrected chi connectivity index (χ0v) is 37.0. The number of carboxylic acids is 2. The summed E-state index contributed by atoms with van der Waals surface area (Å²) in [5, 5.41) is 66.9. The minimum absolute atomic E-state index is 0. The molecule has 12 N–H and O–H groups in total. The highest BCUT2D eigenvalue weighted by Gasteiger charge is 2.49. The summed E-state index contributed by atoms with van der Waals surface area (Å²) in [5.41, 5.74) is 12.5. The predicted molar refractivity (Wildman–Crippen MR) is 250 cm³/mol. The molecule has 2 unspecified atom stereocenters. The number of carbonyl (C=O) groups is 2. The molecule has 60 heavy (non-hydrogen) atoms. The standard InChI is InChI=1S/2C21H29BN2O4.4ClH/c2*23-21(20(25)26,10-3-4-11-22(27)28)17-12-18(13-17)24-14-16-8-5-7-15-6-1-2-9-19(15)16;;;;/h2*1-2,5-9,17-18,24,27-28H,3-4,10-14,23H2,(H,25,26);4*1H. The predicted octanol–water partition coefficient (Wildman–Crippen LogP) is 5.95. The highest BCUT2D eigenvalue weighted by molar-refractivity contribution is 6.41. The molecule has 0 aliphatic heterocycles. The zero-order valence-electron chi connectivity index (χ0n) is 33.7. The molecule has 0 spiro atoms. The maximum absolute atomic E-state index is 11.8. The monoisotopic (exact) mass is 912 g/mol. The van der Waals surface area contributed by atoms with Gasteiger partial charge < -0.3 is 52.4 Å². The summed E-state index contributed by atoms with van der Waals surface area (Å²) in [7, 11) is -2.69. The Hall–Kier alpha value is -2.69. The van der Waals surface area contributed by atoms with E-state index in [4.69, 9.17) is 31.6 Å². The van der Waals surface area contributed by atoms with E-state index < -0.39 is 37.3 Å². The number of hydrogen-bond donors (Lipinski definition) is 10. The Bertz CT molecular complexity index is 1770. The van der Waals surface area contributed by atoms with Gasteiger partial charge in [-0.05, 0) is 95.7 Å². The molecule has 0 amide bonds. The first kappa shape index (κ1) is 55.3. The molecule has 2 saturated carbocycles. The average molecular weight is 914 g/mol. The summed E-state index contributed by atoms with van der Waals surface area (Å²) < 4.78 is 0. The van der Waals surface area contributed by atoms with E-state index in [1.165, 1.54) is 32.7 Å². The van der Waals surface area contributed by atoms with E-state index in [-0.39, 0.29) is 86.2 Å². The van der Waals surface area contributed by atoms with E-state index in [0.29, 0.717) is 38.5 Å². The molecule has 0 aromatic heterocycles. The number of nitrogens with one attached hydrogen (secondary N) is 2. The van der Waals surface area contributed by atoms with Crippen LogP contribution in [0.1, 0.15) is 75.3 Å². The Morgan fingerprint density at radius 1 is 0.550 bits per heavy atom. The highest BCUT2D eigenvalue weighted by atomic mass is 35.5. The van der Waals surface area contributed by atoms with Crippen LogP contribution in [0.15, 0.2) is 84.9 Å². The lowest BCUT2D eigenvalue weighted by Gasteiger charge is -2.45. The number of hydrogen-bond acceptors (Lipinski definition) is 10. The van der Waals surface area contributed by atoms with Crippen LogP contribution in [0.3, 0.4) is 0 Å². The van der Waals surface area contributed by atoms with Crippen LogP contribution in [0, 0.1) is 11.8 Å². The zero-order chi connectivity index (χ0) is 40.3. The maximum atomic E-state index is 11.8. The van der Waals surface area contributed by atoms with Gasteiger partial charge in [-0.3, -0.25) is 9.59 Å². The van der Waals surface area contributed by atoms with Crippen molar-refractivity contribution in [1.82, 2.24) is 10.6 Å². The minimum atomic E-state index is -1.34. The van der Waals surface area contributed by atoms with Crippen LogP contribution in [0.2, 0.25) is 12.6 Å². The molecule has 18 heteroatoms. The van der Waals surface area contributed by atoms with E-state index in [0.717, 1.165) is 38.8 Å². The summed E-state index contributed by atoms with van der Waals surface area (Å²) in [4.78, 5) is 23.5. The molecule has 2 aliphatic rings. The largest absolute Gasteiger partial charge is 0.480 e. The molecule has 0 saturated heterocycles. The lowest BCUT2D eigenvalue weighted by atomic mass is 9.66. The molecule has 0 heterocycles. The van der Waals surface area contributed by atoms with Gasteiger partial charge in [-0.1, -0.05) is 111 Å². The van der Waals surface area contributed by atoms with Gasteiger partial charge in [0.1, 0.15) is 11.1 Å². The highest BCUT2D eigenvalue weighted by Crippen LogP contribution is 2.40. The van der Waals surface area contributed by atoms with Crippen molar-refractivity contribution >= 4 is 97.3 Å². The number of rotatable bonds is 20. The van der Waals surface area contributed by atoms with Crippen molar-refractivity contribution in [2.45, 2.75) is 113 Å². The Morgan fingerprint density at radius 3 is 1.22 bits per heavy atom. The Labute approximate surface area is 378 Å². The topological polar surface area (TPSA) is 232 Å². The van der Waals surface area contributed by atoms with Gasteiger partial charge in [0.15, 0.2) is 0 Å². The molecule has 4 aromatic rings. The first-order valence-electron chi connectivity index (χ1n) is 20.0. The quantitative estimate of drug-likeness (QED) is 0.0366. The molecule has 12 nitrogen and oxygen atoms in total. The molecular weight excluding hydrogens is 852 g/mol. The van der Waals surface area contributed by atoms with Gasteiger partial charge in [-0.15, -0.1) is 49.6 Å². The second-order valence-electron chi connectivity index (χ2n) is 15.9. The van der Waals surface area contributed by atoms with Crippen LogP contribution in [-0.2, 0) is 22.7 Å². The van der Waals surface area contributed by atoms with Gasteiger partial charge >= 0.3 is 26.2 Å². The molecule has 0 radical (unpaired) electrons. The first-order chi connectivity index (χ1) is 26.8. The first-order valence-corrected chi connectivity index (χ1v) is 20.0. The number of carboxylic acid groups (broad SMARTS) is 2. The molecule has 2 aliphatic carbocycles. The van der Waals surface area contributed by atoms with Crippen molar-refractivity contribution in [3.8, 4) is 0 Å². The molecule has 4 aromatic carbocycles. The smallest absolute Gasteiger partial charge is 0.451 e. The number of aliphatic carboxylic acids is 2. The van der Waals surface area contributed by atoms with Crippen LogP contribution in [0.25, 0.3) is 21.5 Å². The van der Waals surface area contributed by atoms with E-state index in [9.17, 15) is 19.8 Å². The van der Waals surface area contributed by atoms with Crippen molar-refractivity contribution < 1.29 is 39.9 Å². The van der Waals surface area contributed by atoms with Crippen LogP contribution in [0.5, 0.6) is 0 Å². The minimum Gasteiger partial charge on any atom is -0.480 e. The maximum Gasteiger partial charge on any atom is 0.451 e. The molecule has 2 fully saturated rings. The third-order valence-electron chi connectivity index (χ3n) is 12.1. The second-order valence-corrected chi connectivity index (χ2v) is 15.9. The van der Waals surface area contributed by atoms with E-state index in [1.807, 2.05) is 24.3 Å². The lowest BCUT2D eigenvalue weighted by Crippen LogP contribution is -2.61. The summed E-state index contributed by atoms with van der Waals surface area (Å²) in [5.74, 6) is -2.05.